The number of unbranched alkanes of at least 4 members (excludes halogenated alkanes) is 1. The van der Waals surface area contributed by atoms with Gasteiger partial charge in [-0.3, -0.25) is 14.6 Å². The summed E-state index contributed by atoms with van der Waals surface area (Å²) in [4.78, 5) is 34.1. The maximum Gasteiger partial charge on any atom is 0.254 e. The van der Waals surface area contributed by atoms with E-state index >= 15 is 0 Å². The standard InChI is InChI=1S/C26H35N5O3.C2H5NO/c1-20(8-7-14-32)30-18-21-16-24(11-12-25(21)26(30)33)34-15-6-5-13-29-17-22(27)19-31(28)23-9-3-2-4-10-23;1-3-2-4/h2-4,9-12,14,16,19-20,29H,5-8,13,15,17-18,27-28H2,1H3;2H,1H3,(H,3,4)/b22-19-;. The number of ether oxygens (including phenoxy) is 1. The monoisotopic (exact) mass is 524 g/mol. The number of aldehydes is 1. The van der Waals surface area contributed by atoms with Gasteiger partial charge in [-0.1, -0.05) is 18.2 Å². The fourth-order valence-electron chi connectivity index (χ4n) is 3.90. The van der Waals surface area contributed by atoms with Crippen molar-refractivity contribution in [3.05, 3.63) is 71.6 Å². The number of hydrazine groups is 1. The summed E-state index contributed by atoms with van der Waals surface area (Å²) >= 11 is 0. The first kappa shape index (κ1) is 30.3. The van der Waals surface area contributed by atoms with Crippen LogP contribution in [0.5, 0.6) is 5.75 Å². The Bertz CT molecular complexity index is 1050. The van der Waals surface area contributed by atoms with Gasteiger partial charge in [0.1, 0.15) is 12.0 Å². The first-order valence-electron chi connectivity index (χ1n) is 12.8. The van der Waals surface area contributed by atoms with Crippen LogP contribution in [0.4, 0.5) is 5.69 Å². The second-order valence-electron chi connectivity index (χ2n) is 8.93. The predicted octanol–water partition coefficient (Wildman–Crippen LogP) is 2.30. The van der Waals surface area contributed by atoms with Crippen molar-refractivity contribution in [2.75, 3.05) is 31.8 Å². The number of carbonyl (C=O) groups is 3. The van der Waals surface area contributed by atoms with Crippen molar-refractivity contribution in [3.63, 3.8) is 0 Å². The molecule has 0 radical (unpaired) electrons. The molecule has 0 spiro atoms. The van der Waals surface area contributed by atoms with Crippen LogP contribution in [0.3, 0.4) is 0 Å². The SMILES string of the molecule is CC(CCC=O)N1Cc2cc(OCCCCNC/C(N)=C/N(N)c3ccccc3)ccc2C1=O.CNC=O. The van der Waals surface area contributed by atoms with Gasteiger partial charge in [-0.2, -0.15) is 0 Å². The number of nitrogens with zero attached hydrogens (tertiary/aromatic N) is 2. The largest absolute Gasteiger partial charge is 0.494 e. The van der Waals surface area contributed by atoms with Gasteiger partial charge in [0.05, 0.1) is 12.3 Å². The third kappa shape index (κ3) is 9.87. The molecule has 3 rings (SSSR count). The summed E-state index contributed by atoms with van der Waals surface area (Å²) in [5.74, 6) is 6.81. The molecule has 38 heavy (non-hydrogen) atoms. The topological polar surface area (TPSA) is 143 Å². The molecule has 0 bridgehead atoms. The first-order valence-corrected chi connectivity index (χ1v) is 12.8. The molecule has 2 aromatic carbocycles. The Morgan fingerprint density at radius 3 is 2.61 bits per heavy atom. The van der Waals surface area contributed by atoms with E-state index in [0.29, 0.717) is 44.6 Å². The molecule has 1 aliphatic rings. The fourth-order valence-corrected chi connectivity index (χ4v) is 3.90. The van der Waals surface area contributed by atoms with E-state index in [9.17, 15) is 9.59 Å². The Hall–Kier alpha value is -3.89. The summed E-state index contributed by atoms with van der Waals surface area (Å²) in [6, 6.07) is 15.3. The van der Waals surface area contributed by atoms with Crippen molar-refractivity contribution in [1.82, 2.24) is 15.5 Å². The van der Waals surface area contributed by atoms with E-state index in [2.05, 4.69) is 10.6 Å². The van der Waals surface area contributed by atoms with Gasteiger partial charge in [0.25, 0.3) is 5.91 Å². The molecule has 0 aliphatic carbocycles. The van der Waals surface area contributed by atoms with E-state index in [0.717, 1.165) is 48.2 Å². The zero-order valence-corrected chi connectivity index (χ0v) is 22.3. The van der Waals surface area contributed by atoms with Crippen LogP contribution in [-0.2, 0) is 16.1 Å². The molecule has 10 heteroatoms. The van der Waals surface area contributed by atoms with Gasteiger partial charge >= 0.3 is 0 Å². The number of hydrogen-bond donors (Lipinski definition) is 4. The molecule has 0 fully saturated rings. The van der Waals surface area contributed by atoms with Gasteiger partial charge in [-0.05, 0) is 68.6 Å². The number of rotatable bonds is 15. The average Bonchev–Trinajstić information content (AvgIpc) is 3.27. The number of nitrogens with one attached hydrogen (secondary N) is 2. The maximum absolute atomic E-state index is 12.6. The van der Waals surface area contributed by atoms with Gasteiger partial charge < -0.3 is 30.8 Å². The molecule has 206 valence electrons. The lowest BCUT2D eigenvalue weighted by Crippen LogP contribution is -2.33. The Kier molecular flexibility index (Phi) is 13.4. The zero-order chi connectivity index (χ0) is 27.8. The lowest BCUT2D eigenvalue weighted by atomic mass is 10.1. The second kappa shape index (κ2) is 16.8. The number of carbonyl (C=O) groups excluding carboxylic acids is 3. The third-order valence-corrected chi connectivity index (χ3v) is 5.97. The number of nitrogens with two attached hydrogens (primary N) is 2. The van der Waals surface area contributed by atoms with Gasteiger partial charge in [0.15, 0.2) is 0 Å². The fraction of sp³-hybridized carbons (Fsp3) is 0.393. The molecule has 2 aromatic rings. The van der Waals surface area contributed by atoms with Crippen LogP contribution in [0.15, 0.2) is 60.4 Å². The summed E-state index contributed by atoms with van der Waals surface area (Å²) in [5, 5.41) is 7.08. The summed E-state index contributed by atoms with van der Waals surface area (Å²) in [6.07, 6.45) is 6.23. The van der Waals surface area contributed by atoms with Crippen LogP contribution in [0.1, 0.15) is 48.5 Å². The predicted molar refractivity (Wildman–Crippen MR) is 149 cm³/mol. The normalized spacial score (nSPS) is 13.2. The Morgan fingerprint density at radius 1 is 1.18 bits per heavy atom. The molecular weight excluding hydrogens is 484 g/mol. The van der Waals surface area contributed by atoms with Crippen LogP contribution in [0, 0.1) is 0 Å². The van der Waals surface area contributed by atoms with Crippen molar-refractivity contribution in [2.45, 2.75) is 45.2 Å². The first-order chi connectivity index (χ1) is 18.4. The van der Waals surface area contributed by atoms with Crippen molar-refractivity contribution in [2.24, 2.45) is 11.6 Å². The molecule has 1 unspecified atom stereocenters. The minimum Gasteiger partial charge on any atom is -0.494 e. The molecule has 0 saturated heterocycles. The van der Waals surface area contributed by atoms with Gasteiger partial charge in [-0.25, -0.2) is 5.84 Å². The molecule has 1 heterocycles. The number of fused-ring (bicyclic) bond motifs is 1. The third-order valence-electron chi connectivity index (χ3n) is 5.97. The van der Waals surface area contributed by atoms with Crippen LogP contribution in [-0.4, -0.2) is 56.3 Å². The lowest BCUT2D eigenvalue weighted by molar-refractivity contribution is -0.109. The summed E-state index contributed by atoms with van der Waals surface area (Å²) < 4.78 is 5.89. The van der Waals surface area contributed by atoms with Gasteiger partial charge in [0, 0.05) is 50.1 Å². The minimum atomic E-state index is 0.0286. The molecular formula is C28H40N6O4. The highest BCUT2D eigenvalue weighted by atomic mass is 16.5. The molecule has 0 aromatic heterocycles. The van der Waals surface area contributed by atoms with E-state index in [1.165, 1.54) is 5.01 Å². The highest BCUT2D eigenvalue weighted by Gasteiger charge is 2.30. The highest BCUT2D eigenvalue weighted by molar-refractivity contribution is 5.98. The van der Waals surface area contributed by atoms with E-state index in [1.54, 1.807) is 13.2 Å². The second-order valence-corrected chi connectivity index (χ2v) is 8.93. The molecule has 10 nitrogen and oxygen atoms in total. The summed E-state index contributed by atoms with van der Waals surface area (Å²) in [6.45, 7) is 4.53. The van der Waals surface area contributed by atoms with Crippen molar-refractivity contribution in [3.8, 4) is 5.75 Å². The number of anilines is 1. The van der Waals surface area contributed by atoms with E-state index in [1.807, 2.05) is 60.4 Å². The highest BCUT2D eigenvalue weighted by Crippen LogP contribution is 2.29. The zero-order valence-electron chi connectivity index (χ0n) is 22.3. The van der Waals surface area contributed by atoms with E-state index in [-0.39, 0.29) is 11.9 Å². The van der Waals surface area contributed by atoms with Crippen LogP contribution >= 0.6 is 0 Å². The molecule has 6 N–H and O–H groups in total. The number of benzene rings is 2. The summed E-state index contributed by atoms with van der Waals surface area (Å²) in [7, 11) is 1.56. The Labute approximate surface area is 225 Å². The smallest absolute Gasteiger partial charge is 0.254 e. The average molecular weight is 525 g/mol. The number of amides is 2. The number of hydrogen-bond acceptors (Lipinski definition) is 8. The van der Waals surface area contributed by atoms with Gasteiger partial charge in [0.2, 0.25) is 6.41 Å². The van der Waals surface area contributed by atoms with Crippen molar-refractivity contribution >= 4 is 24.3 Å². The molecule has 0 saturated carbocycles. The van der Waals surface area contributed by atoms with Crippen LogP contribution in [0.2, 0.25) is 0 Å². The maximum atomic E-state index is 12.6. The Balaban J connectivity index is 0.00000118. The van der Waals surface area contributed by atoms with Crippen LogP contribution in [0.25, 0.3) is 0 Å². The Morgan fingerprint density at radius 2 is 1.92 bits per heavy atom. The summed E-state index contributed by atoms with van der Waals surface area (Å²) in [5.41, 5.74) is 9.28. The van der Waals surface area contributed by atoms with E-state index < -0.39 is 0 Å². The lowest BCUT2D eigenvalue weighted by Gasteiger charge is -2.23. The minimum absolute atomic E-state index is 0.0286. The number of para-hydroxylation sites is 1. The quantitative estimate of drug-likeness (QED) is 0.120. The van der Waals surface area contributed by atoms with E-state index in [4.69, 9.17) is 21.1 Å². The molecule has 1 atom stereocenters. The van der Waals surface area contributed by atoms with Crippen molar-refractivity contribution in [1.29, 1.82) is 0 Å². The van der Waals surface area contributed by atoms with Crippen molar-refractivity contribution < 1.29 is 19.1 Å². The van der Waals surface area contributed by atoms with Gasteiger partial charge in [-0.15, -0.1) is 0 Å². The molecule has 1 aliphatic heterocycles. The van der Waals surface area contributed by atoms with Crippen LogP contribution < -0.4 is 32.0 Å². The molecule has 2 amide bonds.